The maximum Gasteiger partial charge on any atom is 0.215 e. The molecule has 1 rings (SSSR count). The van der Waals surface area contributed by atoms with Crippen LogP contribution in [0.25, 0.3) is 0 Å². The molecule has 0 saturated carbocycles. The van der Waals surface area contributed by atoms with Gasteiger partial charge in [0.25, 0.3) is 0 Å². The highest BCUT2D eigenvalue weighted by molar-refractivity contribution is 7.88. The third kappa shape index (κ3) is 11.0. The molecule has 1 aromatic carbocycles. The molecule has 0 aliphatic carbocycles. The van der Waals surface area contributed by atoms with E-state index in [-0.39, 0.29) is 5.75 Å². The van der Waals surface area contributed by atoms with Crippen molar-refractivity contribution >= 4 is 16.0 Å². The van der Waals surface area contributed by atoms with Gasteiger partial charge in [0.1, 0.15) is 0 Å². The molecule has 0 fully saturated rings. The normalized spacial score (nSPS) is 12.2. The summed E-state index contributed by atoms with van der Waals surface area (Å²) in [4.78, 5) is 4.25. The summed E-state index contributed by atoms with van der Waals surface area (Å²) in [7, 11) is -0.0649. The fourth-order valence-corrected chi connectivity index (χ4v) is 3.58. The Bertz CT molecular complexity index is 660. The number of sulfonamides is 1. The van der Waals surface area contributed by atoms with Gasteiger partial charge < -0.3 is 10.6 Å². The summed E-state index contributed by atoms with van der Waals surface area (Å²) in [5.41, 5.74) is 1.80. The summed E-state index contributed by atoms with van der Waals surface area (Å²) in [5, 5.41) is 6.62. The zero-order valence-corrected chi connectivity index (χ0v) is 17.9. The van der Waals surface area contributed by atoms with Crippen molar-refractivity contribution in [2.75, 3.05) is 20.6 Å². The Morgan fingerprint density at radius 1 is 1.00 bits per heavy atom. The molecule has 0 radical (unpaired) electrons. The van der Waals surface area contributed by atoms with E-state index in [0.717, 1.165) is 30.1 Å². The quantitative estimate of drug-likeness (QED) is 0.272. The summed E-state index contributed by atoms with van der Waals surface area (Å²) in [5.74, 6) is 0.761. The molecule has 1 aromatic rings. The van der Waals surface area contributed by atoms with E-state index < -0.39 is 10.0 Å². The Morgan fingerprint density at radius 3 is 2.33 bits per heavy atom. The van der Waals surface area contributed by atoms with Gasteiger partial charge in [-0.2, -0.15) is 0 Å². The number of nitrogens with zero attached hydrogens (tertiary/aromatic N) is 1. The SMILES string of the molecule is CCCCCCCCCNC(=NC)NCc1cccc(CS(=O)(=O)NC)c1. The van der Waals surface area contributed by atoms with Crippen LogP contribution in [0, 0.1) is 0 Å². The Kier molecular flexibility index (Phi) is 11.8. The van der Waals surface area contributed by atoms with E-state index in [4.69, 9.17) is 0 Å². The van der Waals surface area contributed by atoms with E-state index >= 15 is 0 Å². The lowest BCUT2D eigenvalue weighted by molar-refractivity contribution is 0.583. The van der Waals surface area contributed by atoms with Crippen LogP contribution >= 0.6 is 0 Å². The van der Waals surface area contributed by atoms with Crippen molar-refractivity contribution in [2.45, 2.75) is 64.2 Å². The van der Waals surface area contributed by atoms with Crippen LogP contribution in [0.2, 0.25) is 0 Å². The van der Waals surface area contributed by atoms with E-state index in [9.17, 15) is 8.42 Å². The number of aliphatic imine (C=N–C) groups is 1. The molecule has 0 aliphatic rings. The van der Waals surface area contributed by atoms with Crippen LogP contribution in [0.4, 0.5) is 0 Å². The smallest absolute Gasteiger partial charge is 0.215 e. The number of hydrogen-bond donors (Lipinski definition) is 3. The van der Waals surface area contributed by atoms with Crippen molar-refractivity contribution in [3.8, 4) is 0 Å². The second-order valence-corrected chi connectivity index (χ2v) is 8.68. The van der Waals surface area contributed by atoms with Gasteiger partial charge in [0.05, 0.1) is 5.75 Å². The maximum atomic E-state index is 11.7. The minimum absolute atomic E-state index is 0.0113. The summed E-state index contributed by atoms with van der Waals surface area (Å²) in [6, 6.07) is 7.59. The Labute approximate surface area is 165 Å². The van der Waals surface area contributed by atoms with Gasteiger partial charge in [-0.15, -0.1) is 0 Å². The zero-order chi connectivity index (χ0) is 20.0. The number of nitrogens with one attached hydrogen (secondary N) is 3. The first kappa shape index (κ1) is 23.4. The standard InChI is InChI=1S/C20H36N4O2S/c1-4-5-6-7-8-9-10-14-23-20(21-2)24-16-18-12-11-13-19(15-18)17-27(25,26)22-3/h11-13,15,22H,4-10,14,16-17H2,1-3H3,(H2,21,23,24). The van der Waals surface area contributed by atoms with E-state index in [2.05, 4.69) is 27.3 Å². The summed E-state index contributed by atoms with van der Waals surface area (Å²) < 4.78 is 25.7. The molecular formula is C20H36N4O2S. The Hall–Kier alpha value is -1.60. The van der Waals surface area contributed by atoms with Crippen LogP contribution in [-0.4, -0.2) is 35.0 Å². The molecule has 0 aromatic heterocycles. The molecule has 6 nitrogen and oxygen atoms in total. The average Bonchev–Trinajstić information content (AvgIpc) is 2.66. The predicted octanol–water partition coefficient (Wildman–Crippen LogP) is 3.15. The van der Waals surface area contributed by atoms with Gasteiger partial charge in [0.2, 0.25) is 10.0 Å². The van der Waals surface area contributed by atoms with Crippen LogP contribution in [0.5, 0.6) is 0 Å². The van der Waals surface area contributed by atoms with E-state index in [0.29, 0.717) is 6.54 Å². The number of rotatable bonds is 13. The predicted molar refractivity (Wildman–Crippen MR) is 114 cm³/mol. The summed E-state index contributed by atoms with van der Waals surface area (Å²) in [6.45, 7) is 3.75. The molecular weight excluding hydrogens is 360 g/mol. The number of benzene rings is 1. The summed E-state index contributed by atoms with van der Waals surface area (Å²) in [6.07, 6.45) is 9.01. The lowest BCUT2D eigenvalue weighted by Gasteiger charge is -2.12. The first-order valence-corrected chi connectivity index (χ1v) is 11.6. The highest BCUT2D eigenvalue weighted by atomic mass is 32.2. The first-order valence-electron chi connectivity index (χ1n) is 9.94. The highest BCUT2D eigenvalue weighted by Crippen LogP contribution is 2.09. The van der Waals surface area contributed by atoms with Crippen molar-refractivity contribution < 1.29 is 8.42 Å². The average molecular weight is 397 g/mol. The topological polar surface area (TPSA) is 82.6 Å². The van der Waals surface area contributed by atoms with E-state index in [1.807, 2.05) is 24.3 Å². The third-order valence-corrected chi connectivity index (χ3v) is 5.75. The fraction of sp³-hybridized carbons (Fsp3) is 0.650. The molecule has 0 spiro atoms. The number of guanidine groups is 1. The molecule has 0 saturated heterocycles. The zero-order valence-electron chi connectivity index (χ0n) is 17.1. The van der Waals surface area contributed by atoms with Crippen molar-refractivity contribution in [1.29, 1.82) is 0 Å². The third-order valence-electron chi connectivity index (χ3n) is 4.42. The van der Waals surface area contributed by atoms with Gasteiger partial charge in [-0.1, -0.05) is 69.7 Å². The van der Waals surface area contributed by atoms with Gasteiger partial charge in [-0.05, 0) is 24.6 Å². The van der Waals surface area contributed by atoms with Gasteiger partial charge in [0, 0.05) is 20.1 Å². The minimum atomic E-state index is -3.26. The second kappa shape index (κ2) is 13.6. The van der Waals surface area contributed by atoms with Crippen LogP contribution in [0.3, 0.4) is 0 Å². The van der Waals surface area contributed by atoms with Crippen molar-refractivity contribution in [2.24, 2.45) is 4.99 Å². The summed E-state index contributed by atoms with van der Waals surface area (Å²) >= 11 is 0. The van der Waals surface area contributed by atoms with Crippen molar-refractivity contribution in [3.05, 3.63) is 35.4 Å². The largest absolute Gasteiger partial charge is 0.356 e. The minimum Gasteiger partial charge on any atom is -0.356 e. The molecule has 0 aliphatic heterocycles. The lowest BCUT2D eigenvalue weighted by atomic mass is 10.1. The fourth-order valence-electron chi connectivity index (χ4n) is 2.82. The van der Waals surface area contributed by atoms with Crippen LogP contribution in [0.15, 0.2) is 29.3 Å². The van der Waals surface area contributed by atoms with Gasteiger partial charge in [-0.25, -0.2) is 13.1 Å². The molecule has 27 heavy (non-hydrogen) atoms. The molecule has 0 atom stereocenters. The number of unbranched alkanes of at least 4 members (excludes halogenated alkanes) is 6. The molecule has 0 heterocycles. The Balaban J connectivity index is 2.32. The first-order chi connectivity index (χ1) is 13.0. The van der Waals surface area contributed by atoms with Crippen LogP contribution in [0.1, 0.15) is 63.0 Å². The lowest BCUT2D eigenvalue weighted by Crippen LogP contribution is -2.37. The molecule has 7 heteroatoms. The highest BCUT2D eigenvalue weighted by Gasteiger charge is 2.08. The maximum absolute atomic E-state index is 11.7. The molecule has 3 N–H and O–H groups in total. The van der Waals surface area contributed by atoms with Gasteiger partial charge >= 0.3 is 0 Å². The molecule has 154 valence electrons. The Morgan fingerprint density at radius 2 is 1.67 bits per heavy atom. The van der Waals surface area contributed by atoms with Crippen molar-refractivity contribution in [1.82, 2.24) is 15.4 Å². The monoisotopic (exact) mass is 396 g/mol. The van der Waals surface area contributed by atoms with Crippen molar-refractivity contribution in [3.63, 3.8) is 0 Å². The molecule has 0 unspecified atom stereocenters. The molecule has 0 bridgehead atoms. The van der Waals surface area contributed by atoms with E-state index in [1.165, 1.54) is 45.6 Å². The van der Waals surface area contributed by atoms with Gasteiger partial charge in [0.15, 0.2) is 5.96 Å². The van der Waals surface area contributed by atoms with Crippen LogP contribution < -0.4 is 15.4 Å². The van der Waals surface area contributed by atoms with Crippen LogP contribution in [-0.2, 0) is 22.3 Å². The van der Waals surface area contributed by atoms with E-state index in [1.54, 1.807) is 7.05 Å². The van der Waals surface area contributed by atoms with Gasteiger partial charge in [-0.3, -0.25) is 4.99 Å². The molecule has 0 amide bonds. The second-order valence-electron chi connectivity index (χ2n) is 6.76. The number of hydrogen-bond acceptors (Lipinski definition) is 3.